The minimum Gasteiger partial charge on any atom is -0.309 e. The highest BCUT2D eigenvalue weighted by Gasteiger charge is 2.12. The van der Waals surface area contributed by atoms with E-state index in [9.17, 15) is 4.79 Å². The summed E-state index contributed by atoms with van der Waals surface area (Å²) in [5.41, 5.74) is 3.94. The fourth-order valence-corrected chi connectivity index (χ4v) is 2.83. The van der Waals surface area contributed by atoms with Gasteiger partial charge in [-0.3, -0.25) is 4.79 Å². The quantitative estimate of drug-likeness (QED) is 0.463. The van der Waals surface area contributed by atoms with Crippen LogP contribution in [0, 0.1) is 0 Å². The van der Waals surface area contributed by atoms with E-state index in [1.807, 2.05) is 36.4 Å². The average molecular weight is 245 g/mol. The number of carbonyl (C=O) groups excluding carboxylic acids is 1. The number of carbonyl (C=O) groups is 1. The van der Waals surface area contributed by atoms with Gasteiger partial charge < -0.3 is 4.40 Å². The number of pyridine rings is 1. The number of benzene rings is 2. The van der Waals surface area contributed by atoms with Gasteiger partial charge in [-0.1, -0.05) is 42.5 Å². The highest BCUT2D eigenvalue weighted by Crippen LogP contribution is 2.29. The lowest BCUT2D eigenvalue weighted by atomic mass is 10.1. The zero-order valence-electron chi connectivity index (χ0n) is 10.2. The standard InChI is InChI=1S/C17H11NO/c19-11-14-13-6-2-4-8-16(13)18-15-7-3-1-5-12(15)9-10-17(14)18/h1-11H. The SMILES string of the molecule is O=Cc1c2ccccc2n2c1ccc1ccccc12. The van der Waals surface area contributed by atoms with Crippen LogP contribution in [0.5, 0.6) is 0 Å². The molecule has 0 aliphatic heterocycles. The first-order valence-corrected chi connectivity index (χ1v) is 6.26. The van der Waals surface area contributed by atoms with Gasteiger partial charge in [0.05, 0.1) is 16.6 Å². The van der Waals surface area contributed by atoms with Crippen molar-refractivity contribution in [3.8, 4) is 0 Å². The molecule has 0 N–H and O–H groups in total. The molecule has 4 aromatic rings. The third-order valence-corrected chi connectivity index (χ3v) is 3.67. The summed E-state index contributed by atoms with van der Waals surface area (Å²) >= 11 is 0. The van der Waals surface area contributed by atoms with Gasteiger partial charge in [-0.25, -0.2) is 0 Å². The Kier molecular flexibility index (Phi) is 2.00. The molecule has 0 aliphatic carbocycles. The van der Waals surface area contributed by atoms with Crippen molar-refractivity contribution in [1.29, 1.82) is 0 Å². The molecule has 4 rings (SSSR count). The summed E-state index contributed by atoms with van der Waals surface area (Å²) in [7, 11) is 0. The fraction of sp³-hybridized carbons (Fsp3) is 0. The number of fused-ring (bicyclic) bond motifs is 5. The molecule has 0 radical (unpaired) electrons. The number of aromatic nitrogens is 1. The van der Waals surface area contributed by atoms with Gasteiger partial charge >= 0.3 is 0 Å². The van der Waals surface area contributed by atoms with E-state index in [-0.39, 0.29) is 0 Å². The van der Waals surface area contributed by atoms with Crippen LogP contribution in [0.1, 0.15) is 10.4 Å². The topological polar surface area (TPSA) is 21.5 Å². The maximum absolute atomic E-state index is 11.4. The molecule has 0 bridgehead atoms. The second-order valence-electron chi connectivity index (χ2n) is 4.66. The Hall–Kier alpha value is -2.61. The molecule has 0 saturated heterocycles. The summed E-state index contributed by atoms with van der Waals surface area (Å²) in [5, 5.41) is 2.18. The van der Waals surface area contributed by atoms with Gasteiger partial charge in [-0.05, 0) is 23.6 Å². The van der Waals surface area contributed by atoms with E-state index in [0.717, 1.165) is 33.8 Å². The molecule has 0 unspecified atom stereocenters. The summed E-state index contributed by atoms with van der Waals surface area (Å²) in [6.07, 6.45) is 0.951. The Labute approximate surface area is 109 Å². The maximum Gasteiger partial charge on any atom is 0.152 e. The van der Waals surface area contributed by atoms with Crippen molar-refractivity contribution >= 4 is 33.6 Å². The molecule has 90 valence electrons. The molecule has 2 heteroatoms. The number of hydrogen-bond acceptors (Lipinski definition) is 1. The molecule has 2 aromatic carbocycles. The van der Waals surface area contributed by atoms with Crippen molar-refractivity contribution in [2.75, 3.05) is 0 Å². The van der Waals surface area contributed by atoms with E-state index in [1.165, 1.54) is 5.39 Å². The second kappa shape index (κ2) is 3.69. The average Bonchev–Trinajstić information content (AvgIpc) is 2.81. The van der Waals surface area contributed by atoms with Gasteiger partial charge in [-0.15, -0.1) is 0 Å². The van der Waals surface area contributed by atoms with E-state index in [4.69, 9.17) is 0 Å². The third kappa shape index (κ3) is 1.28. The molecule has 0 aliphatic rings. The second-order valence-corrected chi connectivity index (χ2v) is 4.66. The van der Waals surface area contributed by atoms with E-state index < -0.39 is 0 Å². The summed E-state index contributed by atoms with van der Waals surface area (Å²) in [4.78, 5) is 11.4. The van der Waals surface area contributed by atoms with E-state index in [1.54, 1.807) is 0 Å². The summed E-state index contributed by atoms with van der Waals surface area (Å²) in [5.74, 6) is 0. The molecule has 19 heavy (non-hydrogen) atoms. The molecular weight excluding hydrogens is 234 g/mol. The van der Waals surface area contributed by atoms with Crippen molar-refractivity contribution in [3.05, 3.63) is 66.2 Å². The molecule has 2 nitrogen and oxygen atoms in total. The van der Waals surface area contributed by atoms with E-state index in [0.29, 0.717) is 0 Å². The summed E-state index contributed by atoms with van der Waals surface area (Å²) < 4.78 is 2.16. The third-order valence-electron chi connectivity index (χ3n) is 3.67. The maximum atomic E-state index is 11.4. The van der Waals surface area contributed by atoms with Crippen LogP contribution in [0.3, 0.4) is 0 Å². The van der Waals surface area contributed by atoms with Crippen LogP contribution in [-0.2, 0) is 0 Å². The predicted molar refractivity (Wildman–Crippen MR) is 77.8 cm³/mol. The number of aldehydes is 1. The van der Waals surface area contributed by atoms with Gasteiger partial charge in [0, 0.05) is 10.9 Å². The van der Waals surface area contributed by atoms with Crippen molar-refractivity contribution in [2.45, 2.75) is 0 Å². The first-order valence-electron chi connectivity index (χ1n) is 6.26. The van der Waals surface area contributed by atoms with Crippen LogP contribution in [0.4, 0.5) is 0 Å². The lowest BCUT2D eigenvalue weighted by Gasteiger charge is -2.03. The Morgan fingerprint density at radius 2 is 1.47 bits per heavy atom. The van der Waals surface area contributed by atoms with E-state index >= 15 is 0 Å². The first-order chi connectivity index (χ1) is 9.40. The van der Waals surface area contributed by atoms with Crippen molar-refractivity contribution in [1.82, 2.24) is 4.40 Å². The van der Waals surface area contributed by atoms with Crippen LogP contribution in [0.15, 0.2) is 60.7 Å². The van der Waals surface area contributed by atoms with Gasteiger partial charge in [0.1, 0.15) is 0 Å². The van der Waals surface area contributed by atoms with Crippen LogP contribution >= 0.6 is 0 Å². The predicted octanol–water partition coefficient (Wildman–Crippen LogP) is 4.06. The lowest BCUT2D eigenvalue weighted by Crippen LogP contribution is -1.88. The largest absolute Gasteiger partial charge is 0.309 e. The smallest absolute Gasteiger partial charge is 0.152 e. The molecular formula is C17H11NO. The number of nitrogens with zero attached hydrogens (tertiary/aromatic N) is 1. The fourth-order valence-electron chi connectivity index (χ4n) is 2.83. The molecule has 0 amide bonds. The van der Waals surface area contributed by atoms with Crippen molar-refractivity contribution in [3.63, 3.8) is 0 Å². The minimum absolute atomic E-state index is 0.765. The molecule has 0 fully saturated rings. The van der Waals surface area contributed by atoms with Gasteiger partial charge in [0.25, 0.3) is 0 Å². The molecule has 0 atom stereocenters. The van der Waals surface area contributed by atoms with Crippen molar-refractivity contribution < 1.29 is 4.79 Å². The number of rotatable bonds is 1. The zero-order valence-corrected chi connectivity index (χ0v) is 10.2. The highest BCUT2D eigenvalue weighted by molar-refractivity contribution is 6.08. The normalized spacial score (nSPS) is 11.4. The van der Waals surface area contributed by atoms with Gasteiger partial charge in [-0.2, -0.15) is 0 Å². The van der Waals surface area contributed by atoms with Gasteiger partial charge in [0.2, 0.25) is 0 Å². The Bertz CT molecular complexity index is 934. The minimum atomic E-state index is 0.765. The van der Waals surface area contributed by atoms with Crippen LogP contribution in [0.25, 0.3) is 27.3 Å². The Balaban J connectivity index is 2.41. The lowest BCUT2D eigenvalue weighted by molar-refractivity contribution is 0.112. The van der Waals surface area contributed by atoms with Gasteiger partial charge in [0.15, 0.2) is 6.29 Å². The van der Waals surface area contributed by atoms with Crippen LogP contribution in [-0.4, -0.2) is 10.7 Å². The molecule has 0 spiro atoms. The van der Waals surface area contributed by atoms with E-state index in [2.05, 4.69) is 28.7 Å². The number of hydrogen-bond donors (Lipinski definition) is 0. The summed E-state index contributed by atoms with van der Waals surface area (Å²) in [6.45, 7) is 0. The van der Waals surface area contributed by atoms with Crippen molar-refractivity contribution in [2.24, 2.45) is 0 Å². The molecule has 2 heterocycles. The zero-order chi connectivity index (χ0) is 12.8. The highest BCUT2D eigenvalue weighted by atomic mass is 16.1. The molecule has 0 saturated carbocycles. The summed E-state index contributed by atoms with van der Waals surface area (Å²) in [6, 6.07) is 20.3. The monoisotopic (exact) mass is 245 g/mol. The molecule has 2 aromatic heterocycles. The number of para-hydroxylation sites is 2. The Morgan fingerprint density at radius 1 is 0.737 bits per heavy atom. The first kappa shape index (κ1) is 10.3. The van der Waals surface area contributed by atoms with Crippen LogP contribution in [0.2, 0.25) is 0 Å². The van der Waals surface area contributed by atoms with Crippen LogP contribution < -0.4 is 0 Å². The Morgan fingerprint density at radius 3 is 2.32 bits per heavy atom.